The number of thiazole rings is 1. The zero-order valence-electron chi connectivity index (χ0n) is 16.1. The fraction of sp³-hybridized carbons (Fsp3) is 0.571. The summed E-state index contributed by atoms with van der Waals surface area (Å²) in [6.07, 6.45) is 8.28. The topological polar surface area (TPSA) is 62.3 Å². The van der Waals surface area contributed by atoms with Crippen molar-refractivity contribution in [3.63, 3.8) is 0 Å². The number of piperidine rings is 1. The normalized spacial score (nSPS) is 17.4. The van der Waals surface area contributed by atoms with E-state index in [0.717, 1.165) is 37.0 Å². The molecule has 2 aliphatic rings. The van der Waals surface area contributed by atoms with Gasteiger partial charge in [0.2, 0.25) is 5.91 Å². The van der Waals surface area contributed by atoms with E-state index in [-0.39, 0.29) is 17.7 Å². The quantitative estimate of drug-likeness (QED) is 0.729. The molecule has 1 fully saturated rings. The standard InChI is InChI=1S/C21H27N3O2S2/c25-20(15-9-12-24(13-10-15)21(26)18-7-4-14-27-18)22-11-3-8-19-23-16-5-1-2-6-17(16)28-19/h4,7,14-15H,1-3,5-6,8-13H2,(H,22,25). The van der Waals surface area contributed by atoms with E-state index in [1.54, 1.807) is 0 Å². The summed E-state index contributed by atoms with van der Waals surface area (Å²) in [6, 6.07) is 3.77. The summed E-state index contributed by atoms with van der Waals surface area (Å²) in [6.45, 7) is 2.04. The van der Waals surface area contributed by atoms with Gasteiger partial charge in [0.25, 0.3) is 5.91 Å². The Balaban J connectivity index is 1.16. The molecule has 150 valence electrons. The fourth-order valence-electron chi connectivity index (χ4n) is 4.01. The number of nitrogens with zero attached hydrogens (tertiary/aromatic N) is 2. The largest absolute Gasteiger partial charge is 0.356 e. The molecule has 0 bridgehead atoms. The van der Waals surface area contributed by atoms with Crippen LogP contribution in [0, 0.1) is 5.92 Å². The second-order valence-corrected chi connectivity index (χ2v) is 9.74. The molecule has 4 rings (SSSR count). The van der Waals surface area contributed by atoms with Crippen LogP contribution in [0.15, 0.2) is 17.5 Å². The van der Waals surface area contributed by atoms with Crippen molar-refractivity contribution in [1.29, 1.82) is 0 Å². The minimum absolute atomic E-state index is 0.0274. The third-order valence-corrected chi connectivity index (χ3v) is 7.72. The monoisotopic (exact) mass is 417 g/mol. The summed E-state index contributed by atoms with van der Waals surface area (Å²) in [7, 11) is 0. The second-order valence-electron chi connectivity index (χ2n) is 7.62. The molecule has 1 N–H and O–H groups in total. The summed E-state index contributed by atoms with van der Waals surface area (Å²) in [5.74, 6) is 0.265. The highest BCUT2D eigenvalue weighted by Gasteiger charge is 2.28. The van der Waals surface area contributed by atoms with E-state index in [9.17, 15) is 9.59 Å². The number of hydrogen-bond donors (Lipinski definition) is 1. The number of nitrogens with one attached hydrogen (secondary N) is 1. The first-order chi connectivity index (χ1) is 13.7. The van der Waals surface area contributed by atoms with Crippen LogP contribution < -0.4 is 5.32 Å². The van der Waals surface area contributed by atoms with Gasteiger partial charge in [0.15, 0.2) is 0 Å². The van der Waals surface area contributed by atoms with Crippen LogP contribution in [0.25, 0.3) is 0 Å². The molecule has 1 saturated heterocycles. The summed E-state index contributed by atoms with van der Waals surface area (Å²) >= 11 is 3.34. The van der Waals surface area contributed by atoms with Gasteiger partial charge < -0.3 is 10.2 Å². The van der Waals surface area contributed by atoms with Crippen molar-refractivity contribution < 1.29 is 9.59 Å². The molecule has 0 saturated carbocycles. The van der Waals surface area contributed by atoms with E-state index in [0.29, 0.717) is 19.6 Å². The molecule has 1 aliphatic heterocycles. The minimum atomic E-state index is 0.0274. The zero-order chi connectivity index (χ0) is 19.3. The van der Waals surface area contributed by atoms with Crippen LogP contribution in [0.4, 0.5) is 0 Å². The van der Waals surface area contributed by atoms with Crippen molar-refractivity contribution in [2.75, 3.05) is 19.6 Å². The van der Waals surface area contributed by atoms with E-state index in [1.807, 2.05) is 33.7 Å². The lowest BCUT2D eigenvalue weighted by atomic mass is 9.95. The van der Waals surface area contributed by atoms with E-state index in [2.05, 4.69) is 5.32 Å². The van der Waals surface area contributed by atoms with Crippen molar-refractivity contribution in [1.82, 2.24) is 15.2 Å². The molecule has 0 aromatic carbocycles. The van der Waals surface area contributed by atoms with Crippen LogP contribution in [0.2, 0.25) is 0 Å². The molecule has 2 amide bonds. The predicted octanol–water partition coefficient (Wildman–Crippen LogP) is 3.68. The third-order valence-electron chi connectivity index (χ3n) is 5.64. The number of carbonyl (C=O) groups excluding carboxylic acids is 2. The SMILES string of the molecule is O=C(NCCCc1nc2c(s1)CCCC2)C1CCN(C(=O)c2cccs2)CC1. The Hall–Kier alpha value is -1.73. The Morgan fingerprint density at radius 3 is 2.79 bits per heavy atom. The van der Waals surface area contributed by atoms with Gasteiger partial charge in [0.1, 0.15) is 0 Å². The first kappa shape index (κ1) is 19.6. The molecular weight excluding hydrogens is 390 g/mol. The van der Waals surface area contributed by atoms with Gasteiger partial charge in [0.05, 0.1) is 15.6 Å². The molecule has 7 heteroatoms. The number of amides is 2. The lowest BCUT2D eigenvalue weighted by Crippen LogP contribution is -2.43. The first-order valence-corrected chi connectivity index (χ1v) is 12.0. The van der Waals surface area contributed by atoms with E-state index in [1.165, 1.54) is 46.2 Å². The summed E-state index contributed by atoms with van der Waals surface area (Å²) in [5.41, 5.74) is 1.32. The Labute approximate surface area is 174 Å². The number of likely N-dealkylation sites (tertiary alicyclic amines) is 1. The van der Waals surface area contributed by atoms with Crippen LogP contribution in [-0.4, -0.2) is 41.3 Å². The molecular formula is C21H27N3O2S2. The Kier molecular flexibility index (Phi) is 6.42. The van der Waals surface area contributed by atoms with Gasteiger partial charge in [-0.25, -0.2) is 4.98 Å². The maximum Gasteiger partial charge on any atom is 0.263 e. The lowest BCUT2D eigenvalue weighted by molar-refractivity contribution is -0.126. The van der Waals surface area contributed by atoms with Crippen molar-refractivity contribution in [2.45, 2.75) is 51.4 Å². The number of carbonyl (C=O) groups is 2. The molecule has 1 aliphatic carbocycles. The lowest BCUT2D eigenvalue weighted by Gasteiger charge is -2.31. The maximum atomic E-state index is 12.4. The van der Waals surface area contributed by atoms with Crippen molar-refractivity contribution in [3.05, 3.63) is 38.0 Å². The number of rotatable bonds is 6. The van der Waals surface area contributed by atoms with Crippen molar-refractivity contribution in [2.24, 2.45) is 5.92 Å². The molecule has 28 heavy (non-hydrogen) atoms. The Morgan fingerprint density at radius 1 is 1.21 bits per heavy atom. The van der Waals surface area contributed by atoms with Gasteiger partial charge >= 0.3 is 0 Å². The fourth-order valence-corrected chi connectivity index (χ4v) is 5.90. The molecule has 3 heterocycles. The Bertz CT molecular complexity index is 784. The molecule has 0 radical (unpaired) electrons. The number of aryl methyl sites for hydroxylation is 3. The molecule has 2 aromatic heterocycles. The molecule has 2 aromatic rings. The summed E-state index contributed by atoms with van der Waals surface area (Å²) < 4.78 is 0. The second kappa shape index (κ2) is 9.18. The minimum Gasteiger partial charge on any atom is -0.356 e. The van der Waals surface area contributed by atoms with Crippen molar-refractivity contribution >= 4 is 34.5 Å². The van der Waals surface area contributed by atoms with Gasteiger partial charge in [0, 0.05) is 36.9 Å². The van der Waals surface area contributed by atoms with Crippen LogP contribution >= 0.6 is 22.7 Å². The zero-order valence-corrected chi connectivity index (χ0v) is 17.7. The highest BCUT2D eigenvalue weighted by molar-refractivity contribution is 7.12. The average Bonchev–Trinajstić information content (AvgIpc) is 3.40. The third kappa shape index (κ3) is 4.63. The van der Waals surface area contributed by atoms with Crippen molar-refractivity contribution in [3.8, 4) is 0 Å². The summed E-state index contributed by atoms with van der Waals surface area (Å²) in [5, 5.41) is 6.24. The predicted molar refractivity (Wildman–Crippen MR) is 113 cm³/mol. The highest BCUT2D eigenvalue weighted by atomic mass is 32.1. The molecule has 0 spiro atoms. The molecule has 5 nitrogen and oxygen atoms in total. The molecule has 0 unspecified atom stereocenters. The maximum absolute atomic E-state index is 12.4. The number of aromatic nitrogens is 1. The van der Waals surface area contributed by atoms with Crippen LogP contribution in [0.3, 0.4) is 0 Å². The van der Waals surface area contributed by atoms with Crippen LogP contribution in [0.5, 0.6) is 0 Å². The van der Waals surface area contributed by atoms with Gasteiger partial charge in [-0.3, -0.25) is 9.59 Å². The average molecular weight is 418 g/mol. The summed E-state index contributed by atoms with van der Waals surface area (Å²) in [4.78, 5) is 33.7. The van der Waals surface area contributed by atoms with Gasteiger partial charge in [-0.1, -0.05) is 6.07 Å². The van der Waals surface area contributed by atoms with Gasteiger partial charge in [-0.2, -0.15) is 0 Å². The first-order valence-electron chi connectivity index (χ1n) is 10.3. The van der Waals surface area contributed by atoms with Gasteiger partial charge in [-0.05, 0) is 56.4 Å². The number of fused-ring (bicyclic) bond motifs is 1. The number of thiophene rings is 1. The van der Waals surface area contributed by atoms with E-state index >= 15 is 0 Å². The highest BCUT2D eigenvalue weighted by Crippen LogP contribution is 2.27. The Morgan fingerprint density at radius 2 is 2.04 bits per heavy atom. The van der Waals surface area contributed by atoms with E-state index < -0.39 is 0 Å². The smallest absolute Gasteiger partial charge is 0.263 e. The van der Waals surface area contributed by atoms with Gasteiger partial charge in [-0.15, -0.1) is 22.7 Å². The molecule has 0 atom stereocenters. The van der Waals surface area contributed by atoms with E-state index in [4.69, 9.17) is 4.98 Å². The number of hydrogen-bond acceptors (Lipinski definition) is 5. The van der Waals surface area contributed by atoms with Crippen LogP contribution in [-0.2, 0) is 24.1 Å². The van der Waals surface area contributed by atoms with Crippen LogP contribution in [0.1, 0.15) is 57.4 Å².